The first-order valence-electron chi connectivity index (χ1n) is 6.49. The molecule has 2 amide bonds. The second kappa shape index (κ2) is 8.26. The van der Waals surface area contributed by atoms with Crippen molar-refractivity contribution in [1.82, 2.24) is 0 Å². The molecule has 0 aliphatic rings. The Morgan fingerprint density at radius 1 is 1.00 bits per heavy atom. The van der Waals surface area contributed by atoms with Crippen LogP contribution in [-0.4, -0.2) is 18.4 Å². The van der Waals surface area contributed by atoms with Crippen molar-refractivity contribution >= 4 is 23.2 Å². The predicted molar refractivity (Wildman–Crippen MR) is 76.9 cm³/mol. The number of amides is 2. The van der Waals surface area contributed by atoms with Crippen LogP contribution in [0, 0.1) is 0 Å². The summed E-state index contributed by atoms with van der Waals surface area (Å²) in [4.78, 5) is 22.5. The normalized spacial score (nSPS) is 10.0. The first-order chi connectivity index (χ1) is 9.11. The van der Waals surface area contributed by atoms with Crippen molar-refractivity contribution in [3.05, 3.63) is 24.3 Å². The fourth-order valence-electron chi connectivity index (χ4n) is 1.67. The van der Waals surface area contributed by atoms with Crippen LogP contribution < -0.4 is 16.4 Å². The van der Waals surface area contributed by atoms with Crippen LogP contribution in [-0.2, 0) is 9.59 Å². The summed E-state index contributed by atoms with van der Waals surface area (Å²) in [6, 6.07) is 7.04. The van der Waals surface area contributed by atoms with Crippen LogP contribution in [0.25, 0.3) is 0 Å². The number of hydrogen-bond donors (Lipinski definition) is 3. The van der Waals surface area contributed by atoms with E-state index in [2.05, 4.69) is 10.6 Å². The van der Waals surface area contributed by atoms with Crippen LogP contribution in [0.2, 0.25) is 0 Å². The van der Waals surface area contributed by atoms with Gasteiger partial charge in [0.25, 0.3) is 0 Å². The summed E-state index contributed by atoms with van der Waals surface area (Å²) in [5, 5.41) is 5.49. The number of carbonyl (C=O) groups excluding carboxylic acids is 2. The Bertz CT molecular complexity index is 415. The number of hydrogen-bond acceptors (Lipinski definition) is 3. The summed E-state index contributed by atoms with van der Waals surface area (Å²) in [5.41, 5.74) is 6.84. The molecule has 0 spiro atoms. The van der Waals surface area contributed by atoms with Crippen molar-refractivity contribution in [2.24, 2.45) is 5.73 Å². The first-order valence-corrected chi connectivity index (χ1v) is 6.49. The van der Waals surface area contributed by atoms with Crippen LogP contribution in [0.5, 0.6) is 0 Å². The number of benzene rings is 1. The Kier molecular flexibility index (Phi) is 6.60. The summed E-state index contributed by atoms with van der Waals surface area (Å²) >= 11 is 0. The molecule has 0 fully saturated rings. The third-order valence-corrected chi connectivity index (χ3v) is 2.60. The van der Waals surface area contributed by atoms with E-state index in [0.717, 1.165) is 24.9 Å². The van der Waals surface area contributed by atoms with E-state index < -0.39 is 0 Å². The Morgan fingerprint density at radius 3 is 2.11 bits per heavy atom. The molecule has 1 aromatic rings. The van der Waals surface area contributed by atoms with E-state index in [-0.39, 0.29) is 11.8 Å². The second-order valence-electron chi connectivity index (χ2n) is 4.41. The number of nitrogens with two attached hydrogens (primary N) is 1. The third kappa shape index (κ3) is 6.57. The molecule has 4 N–H and O–H groups in total. The van der Waals surface area contributed by atoms with Crippen molar-refractivity contribution in [2.75, 3.05) is 17.2 Å². The van der Waals surface area contributed by atoms with Gasteiger partial charge >= 0.3 is 0 Å². The highest BCUT2D eigenvalue weighted by Crippen LogP contribution is 2.14. The number of unbranched alkanes of at least 4 members (excludes halogenated alkanes) is 2. The van der Waals surface area contributed by atoms with E-state index in [0.29, 0.717) is 18.7 Å². The van der Waals surface area contributed by atoms with E-state index in [1.54, 1.807) is 24.3 Å². The minimum atomic E-state index is -0.114. The third-order valence-electron chi connectivity index (χ3n) is 2.60. The van der Waals surface area contributed by atoms with E-state index >= 15 is 0 Å². The van der Waals surface area contributed by atoms with Crippen LogP contribution in [0.3, 0.4) is 0 Å². The molecule has 0 atom stereocenters. The Balaban J connectivity index is 2.36. The molecule has 0 aliphatic carbocycles. The Morgan fingerprint density at radius 2 is 1.58 bits per heavy atom. The summed E-state index contributed by atoms with van der Waals surface area (Å²) in [6.07, 6.45) is 3.30. The summed E-state index contributed by atoms with van der Waals surface area (Å²) in [7, 11) is 0. The molecular weight excluding hydrogens is 242 g/mol. The topological polar surface area (TPSA) is 84.2 Å². The predicted octanol–water partition coefficient (Wildman–Crippen LogP) is 2.10. The number of rotatable bonds is 7. The number of carbonyl (C=O) groups is 2. The van der Waals surface area contributed by atoms with E-state index in [1.807, 2.05) is 0 Å². The molecule has 0 aliphatic heterocycles. The molecule has 0 saturated heterocycles. The Labute approximate surface area is 113 Å². The van der Waals surface area contributed by atoms with Gasteiger partial charge in [-0.1, -0.05) is 6.42 Å². The lowest BCUT2D eigenvalue weighted by molar-refractivity contribution is -0.116. The zero-order valence-corrected chi connectivity index (χ0v) is 11.2. The molecule has 0 bridgehead atoms. The van der Waals surface area contributed by atoms with Gasteiger partial charge in [-0.2, -0.15) is 0 Å². The first kappa shape index (κ1) is 15.2. The molecule has 5 nitrogen and oxygen atoms in total. The van der Waals surface area contributed by atoms with Crippen molar-refractivity contribution in [3.63, 3.8) is 0 Å². The van der Waals surface area contributed by atoms with Gasteiger partial charge in [-0.05, 0) is 43.7 Å². The summed E-state index contributed by atoms with van der Waals surface area (Å²) < 4.78 is 0. The fraction of sp³-hybridized carbons (Fsp3) is 0.429. The number of nitrogens with one attached hydrogen (secondary N) is 2. The van der Waals surface area contributed by atoms with Crippen LogP contribution >= 0.6 is 0 Å². The smallest absolute Gasteiger partial charge is 0.224 e. The highest BCUT2D eigenvalue weighted by molar-refractivity contribution is 5.92. The minimum Gasteiger partial charge on any atom is -0.330 e. The van der Waals surface area contributed by atoms with E-state index in [1.165, 1.54) is 6.92 Å². The molecule has 1 rings (SSSR count). The van der Waals surface area contributed by atoms with Crippen LogP contribution in [0.15, 0.2) is 24.3 Å². The zero-order valence-electron chi connectivity index (χ0n) is 11.2. The largest absolute Gasteiger partial charge is 0.330 e. The monoisotopic (exact) mass is 263 g/mol. The lowest BCUT2D eigenvalue weighted by atomic mass is 10.2. The number of anilines is 2. The molecule has 0 heterocycles. The van der Waals surface area contributed by atoms with E-state index in [4.69, 9.17) is 5.73 Å². The highest BCUT2D eigenvalue weighted by Gasteiger charge is 2.02. The molecule has 1 aromatic carbocycles. The van der Waals surface area contributed by atoms with Gasteiger partial charge in [-0.3, -0.25) is 9.59 Å². The molecule has 0 saturated carbocycles. The zero-order chi connectivity index (χ0) is 14.1. The van der Waals surface area contributed by atoms with Crippen molar-refractivity contribution < 1.29 is 9.59 Å². The van der Waals surface area contributed by atoms with Crippen LogP contribution in [0.4, 0.5) is 11.4 Å². The lowest BCUT2D eigenvalue weighted by Crippen LogP contribution is -2.11. The lowest BCUT2D eigenvalue weighted by Gasteiger charge is -2.07. The molecule has 5 heteroatoms. The second-order valence-corrected chi connectivity index (χ2v) is 4.41. The standard InChI is InChI=1S/C14H21N3O2/c1-11(18)16-12-6-8-13(9-7-12)17-14(19)5-3-2-4-10-15/h6-9H,2-5,10,15H2,1H3,(H,16,18)(H,17,19). The van der Waals surface area contributed by atoms with Crippen LogP contribution in [0.1, 0.15) is 32.6 Å². The van der Waals surface area contributed by atoms with Gasteiger partial charge in [0.1, 0.15) is 0 Å². The average molecular weight is 263 g/mol. The minimum absolute atomic E-state index is 0.00398. The SMILES string of the molecule is CC(=O)Nc1ccc(NC(=O)CCCCCN)cc1. The fourth-order valence-corrected chi connectivity index (χ4v) is 1.67. The van der Waals surface area contributed by atoms with Gasteiger partial charge in [0.05, 0.1) is 0 Å². The molecule has 0 radical (unpaired) electrons. The van der Waals surface area contributed by atoms with Gasteiger partial charge in [0, 0.05) is 24.7 Å². The maximum absolute atomic E-state index is 11.6. The van der Waals surface area contributed by atoms with Crippen molar-refractivity contribution in [3.8, 4) is 0 Å². The highest BCUT2D eigenvalue weighted by atomic mass is 16.2. The summed E-state index contributed by atoms with van der Waals surface area (Å²) in [6.45, 7) is 2.13. The van der Waals surface area contributed by atoms with Gasteiger partial charge in [0.2, 0.25) is 11.8 Å². The maximum atomic E-state index is 11.6. The van der Waals surface area contributed by atoms with E-state index in [9.17, 15) is 9.59 Å². The molecule has 0 unspecified atom stereocenters. The summed E-state index contributed by atoms with van der Waals surface area (Å²) in [5.74, 6) is -0.110. The average Bonchev–Trinajstić information content (AvgIpc) is 2.36. The van der Waals surface area contributed by atoms with Gasteiger partial charge < -0.3 is 16.4 Å². The molecule has 104 valence electrons. The molecule has 19 heavy (non-hydrogen) atoms. The maximum Gasteiger partial charge on any atom is 0.224 e. The van der Waals surface area contributed by atoms with Crippen molar-refractivity contribution in [2.45, 2.75) is 32.6 Å². The van der Waals surface area contributed by atoms with Crippen molar-refractivity contribution in [1.29, 1.82) is 0 Å². The Hall–Kier alpha value is -1.88. The van der Waals surface area contributed by atoms with Gasteiger partial charge in [0.15, 0.2) is 0 Å². The van der Waals surface area contributed by atoms with Gasteiger partial charge in [-0.25, -0.2) is 0 Å². The van der Waals surface area contributed by atoms with Gasteiger partial charge in [-0.15, -0.1) is 0 Å². The quantitative estimate of drug-likeness (QED) is 0.659. The molecule has 0 aromatic heterocycles. The molecular formula is C14H21N3O2.